The lowest BCUT2D eigenvalue weighted by Gasteiger charge is -2.29. The highest BCUT2D eigenvalue weighted by Crippen LogP contribution is 2.43. The molecule has 36 heavy (non-hydrogen) atoms. The van der Waals surface area contributed by atoms with Crippen LogP contribution in [0.4, 0.5) is 0 Å². The molecule has 1 aromatic carbocycles. The molecule has 4 rings (SSSR count). The van der Waals surface area contributed by atoms with Crippen LogP contribution in [0.25, 0.3) is 0 Å². The van der Waals surface area contributed by atoms with E-state index in [4.69, 9.17) is 13.9 Å². The lowest BCUT2D eigenvalue weighted by atomic mass is 9.83. The molecule has 0 aliphatic carbocycles. The number of fused-ring (bicyclic) bond motifs is 1. The molecule has 0 unspecified atom stereocenters. The predicted octanol–water partition coefficient (Wildman–Crippen LogP) is 3.93. The number of benzene rings is 1. The summed E-state index contributed by atoms with van der Waals surface area (Å²) in [4.78, 5) is 34.3. The molecular formula is C27H37N3O6. The summed E-state index contributed by atoms with van der Waals surface area (Å²) in [7, 11) is 0. The quantitative estimate of drug-likeness (QED) is 0.442. The third-order valence-electron chi connectivity index (χ3n) is 7.25. The lowest BCUT2D eigenvalue weighted by Crippen LogP contribution is -2.44. The van der Waals surface area contributed by atoms with Gasteiger partial charge in [-0.3, -0.25) is 14.5 Å². The minimum absolute atomic E-state index is 0.0634. The number of amides is 1. The molecule has 1 N–H and O–H groups in total. The number of carbonyl (C=O) groups excluding carboxylic acids is 1. The van der Waals surface area contributed by atoms with Crippen LogP contribution in [-0.2, 0) is 16.0 Å². The fourth-order valence-electron chi connectivity index (χ4n) is 5.31. The van der Waals surface area contributed by atoms with Crippen molar-refractivity contribution in [3.05, 3.63) is 42.1 Å². The summed E-state index contributed by atoms with van der Waals surface area (Å²) in [5, 5.41) is 10.3. The number of carboxylic acid groups (broad SMARTS) is 1. The van der Waals surface area contributed by atoms with Crippen LogP contribution >= 0.6 is 0 Å². The van der Waals surface area contributed by atoms with Gasteiger partial charge in [0, 0.05) is 38.0 Å². The van der Waals surface area contributed by atoms with Crippen LogP contribution < -0.4 is 9.47 Å². The molecule has 0 radical (unpaired) electrons. The van der Waals surface area contributed by atoms with Crippen molar-refractivity contribution in [2.45, 2.75) is 64.3 Å². The highest BCUT2D eigenvalue weighted by Gasteiger charge is 2.47. The van der Waals surface area contributed by atoms with E-state index >= 15 is 0 Å². The molecule has 3 atom stereocenters. The van der Waals surface area contributed by atoms with Gasteiger partial charge in [0.1, 0.15) is 6.26 Å². The maximum Gasteiger partial charge on any atom is 0.308 e. The summed E-state index contributed by atoms with van der Waals surface area (Å²) >= 11 is 0. The van der Waals surface area contributed by atoms with Crippen molar-refractivity contribution in [2.24, 2.45) is 5.92 Å². The second-order valence-corrected chi connectivity index (χ2v) is 9.63. The number of aryl methyl sites for hydroxylation is 1. The number of rotatable bonds is 13. The Morgan fingerprint density at radius 2 is 1.89 bits per heavy atom. The van der Waals surface area contributed by atoms with E-state index in [0.29, 0.717) is 36.8 Å². The number of carbonyl (C=O) groups is 2. The Kier molecular flexibility index (Phi) is 8.85. The minimum atomic E-state index is -0.862. The van der Waals surface area contributed by atoms with Crippen molar-refractivity contribution in [1.82, 2.24) is 14.8 Å². The van der Waals surface area contributed by atoms with Crippen LogP contribution in [0.2, 0.25) is 0 Å². The second-order valence-electron chi connectivity index (χ2n) is 9.63. The van der Waals surface area contributed by atoms with Gasteiger partial charge in [-0.15, -0.1) is 0 Å². The number of aromatic nitrogens is 1. The van der Waals surface area contributed by atoms with Gasteiger partial charge in [-0.05, 0) is 37.0 Å². The van der Waals surface area contributed by atoms with Crippen LogP contribution in [0.1, 0.15) is 63.3 Å². The predicted molar refractivity (Wildman–Crippen MR) is 133 cm³/mol. The summed E-state index contributed by atoms with van der Waals surface area (Å²) in [5.41, 5.74) is 0.886. The summed E-state index contributed by atoms with van der Waals surface area (Å²) < 4.78 is 16.4. The Morgan fingerprint density at radius 1 is 1.14 bits per heavy atom. The number of nitrogens with zero attached hydrogens (tertiary/aromatic N) is 3. The maximum absolute atomic E-state index is 13.4. The average molecular weight is 500 g/mol. The SMILES string of the molecule is CCCCN(CCCC)C(=O)CN1C[C@H](c2ccc3c(c2)OCO3)[C@H](C(=O)O)[C@H]1CCc1ncco1. The van der Waals surface area contributed by atoms with Crippen molar-refractivity contribution < 1.29 is 28.6 Å². The molecule has 9 heteroatoms. The standard InChI is InChI=1S/C27H37N3O6/c1-3-5-12-29(13-6-4-2)25(31)17-30-16-20(19-7-9-22-23(15-19)36-18-35-22)26(27(32)33)21(30)8-10-24-28-11-14-34-24/h7,9,11,14-15,20-21,26H,3-6,8,10,12-13,16-18H2,1-2H3,(H,32,33)/t20-,21-,26+/m1/s1. The highest BCUT2D eigenvalue weighted by atomic mass is 16.7. The van der Waals surface area contributed by atoms with Crippen LogP contribution in [0.15, 0.2) is 35.1 Å². The molecule has 1 amide bonds. The fraction of sp³-hybridized carbons (Fsp3) is 0.593. The molecule has 2 aliphatic heterocycles. The zero-order valence-electron chi connectivity index (χ0n) is 21.2. The molecule has 0 saturated carbocycles. The first-order valence-corrected chi connectivity index (χ1v) is 13.0. The zero-order valence-corrected chi connectivity index (χ0v) is 21.2. The van der Waals surface area contributed by atoms with Gasteiger partial charge in [-0.1, -0.05) is 32.8 Å². The second kappa shape index (κ2) is 12.3. The first kappa shape index (κ1) is 26.0. The van der Waals surface area contributed by atoms with Crippen LogP contribution in [0.5, 0.6) is 11.5 Å². The highest BCUT2D eigenvalue weighted by molar-refractivity contribution is 5.79. The molecule has 9 nitrogen and oxygen atoms in total. The Balaban J connectivity index is 1.58. The van der Waals surface area contributed by atoms with Crippen LogP contribution in [0, 0.1) is 5.92 Å². The third-order valence-corrected chi connectivity index (χ3v) is 7.25. The summed E-state index contributed by atoms with van der Waals surface area (Å²) in [6.07, 6.45) is 8.12. The number of ether oxygens (including phenoxy) is 2. The van der Waals surface area contributed by atoms with Crippen LogP contribution in [0.3, 0.4) is 0 Å². The van der Waals surface area contributed by atoms with E-state index in [9.17, 15) is 14.7 Å². The first-order valence-electron chi connectivity index (χ1n) is 13.0. The van der Waals surface area contributed by atoms with Gasteiger partial charge in [-0.25, -0.2) is 4.98 Å². The van der Waals surface area contributed by atoms with Gasteiger partial charge in [0.15, 0.2) is 17.4 Å². The Labute approximate surface area is 212 Å². The molecule has 0 spiro atoms. The van der Waals surface area contributed by atoms with E-state index in [0.717, 1.165) is 44.3 Å². The number of unbranched alkanes of at least 4 members (excludes halogenated alkanes) is 2. The molecule has 0 bridgehead atoms. The number of aliphatic carboxylic acids is 1. The lowest BCUT2D eigenvalue weighted by molar-refractivity contribution is -0.143. The number of likely N-dealkylation sites (tertiary alicyclic amines) is 1. The average Bonchev–Trinajstić information content (AvgIpc) is 3.62. The van der Waals surface area contributed by atoms with E-state index in [-0.39, 0.29) is 31.2 Å². The number of carboxylic acids is 1. The fourth-order valence-corrected chi connectivity index (χ4v) is 5.31. The van der Waals surface area contributed by atoms with E-state index < -0.39 is 11.9 Å². The van der Waals surface area contributed by atoms with Gasteiger partial charge in [0.05, 0.1) is 18.7 Å². The van der Waals surface area contributed by atoms with Crippen molar-refractivity contribution >= 4 is 11.9 Å². The maximum atomic E-state index is 13.4. The van der Waals surface area contributed by atoms with Gasteiger partial charge >= 0.3 is 5.97 Å². The van der Waals surface area contributed by atoms with E-state index in [1.54, 1.807) is 6.20 Å². The topological polar surface area (TPSA) is 105 Å². The molecule has 1 aromatic heterocycles. The Morgan fingerprint density at radius 3 is 2.56 bits per heavy atom. The van der Waals surface area contributed by atoms with Crippen molar-refractivity contribution in [2.75, 3.05) is 33.0 Å². The molecule has 1 fully saturated rings. The van der Waals surface area contributed by atoms with Crippen molar-refractivity contribution in [3.8, 4) is 11.5 Å². The largest absolute Gasteiger partial charge is 0.481 e. The molecule has 2 aliphatic rings. The zero-order chi connectivity index (χ0) is 25.5. The normalized spacial score (nSPS) is 21.1. The van der Waals surface area contributed by atoms with Gasteiger partial charge in [-0.2, -0.15) is 0 Å². The number of oxazole rings is 1. The van der Waals surface area contributed by atoms with Gasteiger partial charge in [0.2, 0.25) is 12.7 Å². The summed E-state index contributed by atoms with van der Waals surface area (Å²) in [5.74, 6) is 0.121. The van der Waals surface area contributed by atoms with E-state index in [2.05, 4.69) is 23.7 Å². The number of hydrogen-bond donors (Lipinski definition) is 1. The monoisotopic (exact) mass is 499 g/mol. The number of hydrogen-bond acceptors (Lipinski definition) is 7. The Hall–Kier alpha value is -3.07. The molecule has 1 saturated heterocycles. The minimum Gasteiger partial charge on any atom is -0.481 e. The van der Waals surface area contributed by atoms with Crippen LogP contribution in [-0.4, -0.2) is 70.8 Å². The smallest absolute Gasteiger partial charge is 0.308 e. The molecule has 3 heterocycles. The molecular weight excluding hydrogens is 462 g/mol. The van der Waals surface area contributed by atoms with Crippen molar-refractivity contribution in [1.29, 1.82) is 0 Å². The molecule has 196 valence electrons. The van der Waals surface area contributed by atoms with E-state index in [1.807, 2.05) is 23.1 Å². The van der Waals surface area contributed by atoms with Gasteiger partial charge in [0.25, 0.3) is 0 Å². The van der Waals surface area contributed by atoms with Gasteiger partial charge < -0.3 is 23.9 Å². The van der Waals surface area contributed by atoms with E-state index in [1.165, 1.54) is 6.26 Å². The summed E-state index contributed by atoms with van der Waals surface area (Å²) in [6.45, 7) is 6.55. The Bertz CT molecular complexity index is 1000. The third kappa shape index (κ3) is 6.00. The summed E-state index contributed by atoms with van der Waals surface area (Å²) in [6, 6.07) is 5.31. The molecule has 2 aromatic rings. The van der Waals surface area contributed by atoms with Crippen molar-refractivity contribution in [3.63, 3.8) is 0 Å². The first-order chi connectivity index (χ1) is 17.5.